The van der Waals surface area contributed by atoms with Gasteiger partial charge in [0.2, 0.25) is 0 Å². The monoisotopic (exact) mass is 280 g/mol. The Kier molecular flexibility index (Phi) is 4.79. The van der Waals surface area contributed by atoms with Gasteiger partial charge < -0.3 is 4.90 Å². The summed E-state index contributed by atoms with van der Waals surface area (Å²) in [4.78, 5) is 6.24. The lowest BCUT2D eigenvalue weighted by Gasteiger charge is -2.16. The number of pyridine rings is 1. The van der Waals surface area contributed by atoms with E-state index in [4.69, 9.17) is 0 Å². The molecule has 0 aliphatic rings. The fourth-order valence-corrected chi connectivity index (χ4v) is 2.08. The molecule has 6 heteroatoms. The van der Waals surface area contributed by atoms with Crippen molar-refractivity contribution >= 4 is 0 Å². The minimum absolute atomic E-state index is 0.128. The smallest absolute Gasteiger partial charge is 0.282 e. The van der Waals surface area contributed by atoms with Crippen LogP contribution in [-0.2, 0) is 20.0 Å². The molecule has 0 N–H and O–H groups in total. The van der Waals surface area contributed by atoms with Crippen LogP contribution < -0.4 is 0 Å². The number of halogens is 2. The number of nitrogens with zero attached hydrogens (tertiary/aromatic N) is 4. The molecule has 2 aromatic rings. The summed E-state index contributed by atoms with van der Waals surface area (Å²) in [6.45, 7) is 1.22. The number of alkyl halides is 2. The first kappa shape index (κ1) is 14.6. The Labute approximate surface area is 117 Å². The molecule has 0 bridgehead atoms. The van der Waals surface area contributed by atoms with Gasteiger partial charge in [0.15, 0.2) is 0 Å². The molecule has 0 radical (unpaired) electrons. The van der Waals surface area contributed by atoms with Crippen molar-refractivity contribution in [3.8, 4) is 0 Å². The number of hydrogen-bond donors (Lipinski definition) is 0. The van der Waals surface area contributed by atoms with Crippen LogP contribution in [0.1, 0.15) is 23.4 Å². The fourth-order valence-electron chi connectivity index (χ4n) is 2.08. The van der Waals surface area contributed by atoms with Crippen LogP contribution in [0.2, 0.25) is 0 Å². The zero-order chi connectivity index (χ0) is 14.5. The van der Waals surface area contributed by atoms with E-state index in [1.54, 1.807) is 19.4 Å². The highest BCUT2D eigenvalue weighted by molar-refractivity contribution is 5.18. The van der Waals surface area contributed by atoms with Crippen LogP contribution in [0.15, 0.2) is 30.6 Å². The summed E-state index contributed by atoms with van der Waals surface area (Å²) >= 11 is 0. The molecule has 0 atom stereocenters. The SMILES string of the molecule is CN(CCc1ccccn1)Cc1cn(C)nc1C(F)F. The van der Waals surface area contributed by atoms with E-state index in [0.717, 1.165) is 18.7 Å². The Morgan fingerprint density at radius 2 is 2.15 bits per heavy atom. The molecule has 20 heavy (non-hydrogen) atoms. The van der Waals surface area contributed by atoms with E-state index < -0.39 is 6.43 Å². The third-order valence-electron chi connectivity index (χ3n) is 3.06. The van der Waals surface area contributed by atoms with E-state index in [-0.39, 0.29) is 5.69 Å². The lowest BCUT2D eigenvalue weighted by Crippen LogP contribution is -2.21. The van der Waals surface area contributed by atoms with Gasteiger partial charge in [0.1, 0.15) is 5.69 Å². The van der Waals surface area contributed by atoms with Crippen molar-refractivity contribution in [2.75, 3.05) is 13.6 Å². The summed E-state index contributed by atoms with van der Waals surface area (Å²) in [6, 6.07) is 5.78. The van der Waals surface area contributed by atoms with Gasteiger partial charge in [-0.3, -0.25) is 9.67 Å². The second-order valence-corrected chi connectivity index (χ2v) is 4.82. The van der Waals surface area contributed by atoms with E-state index in [2.05, 4.69) is 10.1 Å². The first-order valence-electron chi connectivity index (χ1n) is 6.45. The molecule has 0 spiro atoms. The molecule has 2 rings (SSSR count). The first-order valence-corrected chi connectivity index (χ1v) is 6.45. The Balaban J connectivity index is 1.93. The Bertz CT molecular complexity index is 539. The van der Waals surface area contributed by atoms with Crippen LogP contribution in [0.4, 0.5) is 8.78 Å². The van der Waals surface area contributed by atoms with Gasteiger partial charge in [-0.1, -0.05) is 6.07 Å². The molecule has 0 unspecified atom stereocenters. The highest BCUT2D eigenvalue weighted by Gasteiger charge is 2.18. The Hall–Kier alpha value is -1.82. The zero-order valence-corrected chi connectivity index (χ0v) is 11.6. The normalized spacial score (nSPS) is 11.5. The number of hydrogen-bond acceptors (Lipinski definition) is 3. The van der Waals surface area contributed by atoms with Gasteiger partial charge in [-0.05, 0) is 19.2 Å². The molecule has 2 aromatic heterocycles. The van der Waals surface area contributed by atoms with Crippen LogP contribution in [0, 0.1) is 0 Å². The molecule has 0 aliphatic heterocycles. The highest BCUT2D eigenvalue weighted by atomic mass is 19.3. The average molecular weight is 280 g/mol. The topological polar surface area (TPSA) is 34.0 Å². The highest BCUT2D eigenvalue weighted by Crippen LogP contribution is 2.21. The minimum Gasteiger partial charge on any atom is -0.302 e. The van der Waals surface area contributed by atoms with Gasteiger partial charge in [0.05, 0.1) is 0 Å². The van der Waals surface area contributed by atoms with Gasteiger partial charge in [-0.25, -0.2) is 8.78 Å². The fraction of sp³-hybridized carbons (Fsp3) is 0.429. The summed E-state index contributed by atoms with van der Waals surface area (Å²) in [5.74, 6) is 0. The van der Waals surface area contributed by atoms with Gasteiger partial charge in [0.25, 0.3) is 6.43 Å². The van der Waals surface area contributed by atoms with E-state index in [1.807, 2.05) is 30.1 Å². The molecule has 0 amide bonds. The molecule has 0 aliphatic carbocycles. The minimum atomic E-state index is -2.53. The standard InChI is InChI=1S/C14H18F2N4/c1-19(8-6-12-5-3-4-7-17-12)9-11-10-20(2)18-13(11)14(15)16/h3-5,7,10,14H,6,8-9H2,1-2H3. The zero-order valence-electron chi connectivity index (χ0n) is 11.6. The van der Waals surface area contributed by atoms with Crippen LogP contribution in [0.5, 0.6) is 0 Å². The van der Waals surface area contributed by atoms with Crippen LogP contribution in [0.3, 0.4) is 0 Å². The molecule has 0 saturated carbocycles. The summed E-state index contributed by atoms with van der Waals surface area (Å²) in [6.07, 6.45) is 1.67. The number of aryl methyl sites for hydroxylation is 1. The molecule has 4 nitrogen and oxygen atoms in total. The Morgan fingerprint density at radius 1 is 1.35 bits per heavy atom. The molecule has 0 aromatic carbocycles. The van der Waals surface area contributed by atoms with Gasteiger partial charge in [0, 0.05) is 50.2 Å². The third-order valence-corrected chi connectivity index (χ3v) is 3.06. The number of rotatable bonds is 6. The van der Waals surface area contributed by atoms with Crippen molar-refractivity contribution in [3.63, 3.8) is 0 Å². The van der Waals surface area contributed by atoms with Crippen molar-refractivity contribution in [1.29, 1.82) is 0 Å². The maximum Gasteiger partial charge on any atom is 0.282 e. The maximum absolute atomic E-state index is 12.8. The Morgan fingerprint density at radius 3 is 2.80 bits per heavy atom. The second kappa shape index (κ2) is 6.56. The average Bonchev–Trinajstić information content (AvgIpc) is 2.79. The van der Waals surface area contributed by atoms with Crippen LogP contribution in [0.25, 0.3) is 0 Å². The summed E-state index contributed by atoms with van der Waals surface area (Å²) in [5.41, 5.74) is 1.45. The van der Waals surface area contributed by atoms with Crippen LogP contribution in [-0.4, -0.2) is 33.3 Å². The van der Waals surface area contributed by atoms with Gasteiger partial charge in [-0.15, -0.1) is 0 Å². The molecule has 108 valence electrons. The van der Waals surface area contributed by atoms with Gasteiger partial charge in [-0.2, -0.15) is 5.10 Å². The predicted octanol–water partition coefficient (Wildman–Crippen LogP) is 2.43. The molecule has 0 fully saturated rings. The van der Waals surface area contributed by atoms with E-state index in [9.17, 15) is 8.78 Å². The van der Waals surface area contributed by atoms with Gasteiger partial charge >= 0.3 is 0 Å². The molecular weight excluding hydrogens is 262 g/mol. The van der Waals surface area contributed by atoms with Crippen molar-refractivity contribution in [2.24, 2.45) is 7.05 Å². The maximum atomic E-state index is 12.8. The molecule has 0 saturated heterocycles. The van der Waals surface area contributed by atoms with Crippen molar-refractivity contribution < 1.29 is 8.78 Å². The third kappa shape index (κ3) is 3.84. The van der Waals surface area contributed by atoms with Crippen LogP contribution >= 0.6 is 0 Å². The molecular formula is C14H18F2N4. The lowest BCUT2D eigenvalue weighted by atomic mass is 10.2. The number of aromatic nitrogens is 3. The quantitative estimate of drug-likeness (QED) is 0.815. The second-order valence-electron chi connectivity index (χ2n) is 4.82. The molecule has 2 heterocycles. The summed E-state index contributed by atoms with van der Waals surface area (Å²) in [7, 11) is 3.56. The predicted molar refractivity (Wildman–Crippen MR) is 72.4 cm³/mol. The van der Waals surface area contributed by atoms with Crippen molar-refractivity contribution in [1.82, 2.24) is 19.7 Å². The number of likely N-dealkylation sites (N-methyl/N-ethyl adjacent to an activating group) is 1. The van der Waals surface area contributed by atoms with Crippen molar-refractivity contribution in [2.45, 2.75) is 19.4 Å². The summed E-state index contributed by atoms with van der Waals surface area (Å²) < 4.78 is 27.1. The van der Waals surface area contributed by atoms with Crippen molar-refractivity contribution in [3.05, 3.63) is 47.5 Å². The largest absolute Gasteiger partial charge is 0.302 e. The first-order chi connectivity index (χ1) is 9.56. The summed E-state index contributed by atoms with van der Waals surface area (Å²) in [5, 5.41) is 3.81. The van der Waals surface area contributed by atoms with E-state index in [1.165, 1.54) is 4.68 Å². The lowest BCUT2D eigenvalue weighted by molar-refractivity contribution is 0.143. The van der Waals surface area contributed by atoms with E-state index >= 15 is 0 Å². The van der Waals surface area contributed by atoms with E-state index in [0.29, 0.717) is 12.1 Å².